The summed E-state index contributed by atoms with van der Waals surface area (Å²) < 4.78 is 6.93. The number of hydrogen-bond donors (Lipinski definition) is 1. The Morgan fingerprint density at radius 3 is 2.77 bits per heavy atom. The van der Waals surface area contributed by atoms with E-state index < -0.39 is 11.7 Å². The molecule has 22 heavy (non-hydrogen) atoms. The molecule has 1 amide bonds. The van der Waals surface area contributed by atoms with E-state index in [9.17, 15) is 4.79 Å². The summed E-state index contributed by atoms with van der Waals surface area (Å²) in [7, 11) is 0. The molecule has 0 aliphatic rings. The molecule has 0 unspecified atom stereocenters. The summed E-state index contributed by atoms with van der Waals surface area (Å²) in [5.41, 5.74) is 1.39. The minimum Gasteiger partial charge on any atom is -0.444 e. The Hall–Kier alpha value is -2.01. The molecule has 1 aromatic carbocycles. The van der Waals surface area contributed by atoms with E-state index in [2.05, 4.69) is 10.4 Å². The quantitative estimate of drug-likeness (QED) is 0.933. The Morgan fingerprint density at radius 1 is 1.36 bits per heavy atom. The first kappa shape index (κ1) is 16.4. The van der Waals surface area contributed by atoms with E-state index in [-0.39, 0.29) is 0 Å². The molecular formula is C16H20ClN3O2. The lowest BCUT2D eigenvalue weighted by Crippen LogP contribution is -2.34. The van der Waals surface area contributed by atoms with Crippen LogP contribution in [0.15, 0.2) is 36.7 Å². The second kappa shape index (κ2) is 6.83. The number of amides is 1. The molecule has 0 spiro atoms. The van der Waals surface area contributed by atoms with Crippen molar-refractivity contribution in [1.29, 1.82) is 0 Å². The van der Waals surface area contributed by atoms with Crippen molar-refractivity contribution in [2.75, 3.05) is 6.54 Å². The van der Waals surface area contributed by atoms with Crippen molar-refractivity contribution in [1.82, 2.24) is 15.1 Å². The van der Waals surface area contributed by atoms with Crippen molar-refractivity contribution >= 4 is 17.7 Å². The predicted octanol–water partition coefficient (Wildman–Crippen LogP) is 3.73. The van der Waals surface area contributed by atoms with E-state index in [1.807, 2.05) is 51.2 Å². The SMILES string of the molecule is CC(C)(C)OC(=O)NCCn1cc(-c2ccccc2Cl)cn1. The highest BCUT2D eigenvalue weighted by Crippen LogP contribution is 2.26. The van der Waals surface area contributed by atoms with E-state index in [0.29, 0.717) is 18.1 Å². The van der Waals surface area contributed by atoms with Crippen LogP contribution in [0.4, 0.5) is 4.79 Å². The molecule has 1 heterocycles. The van der Waals surface area contributed by atoms with Gasteiger partial charge in [-0.1, -0.05) is 29.8 Å². The smallest absolute Gasteiger partial charge is 0.407 e. The van der Waals surface area contributed by atoms with Gasteiger partial charge in [0, 0.05) is 28.9 Å². The first-order valence-corrected chi connectivity index (χ1v) is 7.47. The third kappa shape index (κ3) is 4.77. The minimum atomic E-state index is -0.493. The Kier molecular flexibility index (Phi) is 5.08. The molecule has 0 saturated heterocycles. The van der Waals surface area contributed by atoms with Crippen molar-refractivity contribution in [3.8, 4) is 11.1 Å². The number of halogens is 1. The Morgan fingerprint density at radius 2 is 2.09 bits per heavy atom. The molecule has 0 saturated carbocycles. The van der Waals surface area contributed by atoms with Crippen LogP contribution in [0.2, 0.25) is 5.02 Å². The predicted molar refractivity (Wildman–Crippen MR) is 86.9 cm³/mol. The number of nitrogens with one attached hydrogen (secondary N) is 1. The third-order valence-corrected chi connectivity index (χ3v) is 3.16. The number of carbonyl (C=O) groups excluding carboxylic acids is 1. The maximum absolute atomic E-state index is 11.5. The molecule has 6 heteroatoms. The fourth-order valence-corrected chi connectivity index (χ4v) is 2.15. The summed E-state index contributed by atoms with van der Waals surface area (Å²) >= 11 is 6.16. The van der Waals surface area contributed by atoms with Gasteiger partial charge in [0.05, 0.1) is 12.7 Å². The molecule has 5 nitrogen and oxygen atoms in total. The molecule has 0 atom stereocenters. The van der Waals surface area contributed by atoms with E-state index in [1.54, 1.807) is 10.9 Å². The molecule has 0 fully saturated rings. The number of benzene rings is 1. The van der Waals surface area contributed by atoms with E-state index >= 15 is 0 Å². The lowest BCUT2D eigenvalue weighted by molar-refractivity contribution is 0.0525. The van der Waals surface area contributed by atoms with Crippen LogP contribution in [0.25, 0.3) is 11.1 Å². The zero-order valence-electron chi connectivity index (χ0n) is 13.0. The molecule has 2 aromatic rings. The fourth-order valence-electron chi connectivity index (χ4n) is 1.91. The average molecular weight is 322 g/mol. The fraction of sp³-hybridized carbons (Fsp3) is 0.375. The van der Waals surface area contributed by atoms with Crippen LogP contribution in [-0.4, -0.2) is 28.0 Å². The molecule has 118 valence electrons. The second-order valence-corrected chi connectivity index (χ2v) is 6.31. The van der Waals surface area contributed by atoms with Gasteiger partial charge in [-0.15, -0.1) is 0 Å². The number of nitrogens with zero attached hydrogens (tertiary/aromatic N) is 2. The summed E-state index contributed by atoms with van der Waals surface area (Å²) in [6.45, 7) is 6.49. The van der Waals surface area contributed by atoms with Gasteiger partial charge in [-0.2, -0.15) is 5.10 Å². The Labute approximate surface area is 135 Å². The van der Waals surface area contributed by atoms with Crippen molar-refractivity contribution in [3.05, 3.63) is 41.7 Å². The number of rotatable bonds is 4. The maximum Gasteiger partial charge on any atom is 0.407 e. The number of ether oxygens (including phenoxy) is 1. The van der Waals surface area contributed by atoms with Gasteiger partial charge < -0.3 is 10.1 Å². The van der Waals surface area contributed by atoms with Crippen LogP contribution in [0.5, 0.6) is 0 Å². The molecular weight excluding hydrogens is 302 g/mol. The van der Waals surface area contributed by atoms with Crippen LogP contribution in [0, 0.1) is 0 Å². The summed E-state index contributed by atoms with van der Waals surface area (Å²) in [4.78, 5) is 11.5. The lowest BCUT2D eigenvalue weighted by atomic mass is 10.1. The van der Waals surface area contributed by atoms with Gasteiger partial charge in [-0.3, -0.25) is 4.68 Å². The van der Waals surface area contributed by atoms with Gasteiger partial charge >= 0.3 is 6.09 Å². The van der Waals surface area contributed by atoms with Gasteiger partial charge in [-0.05, 0) is 26.8 Å². The van der Waals surface area contributed by atoms with Gasteiger partial charge in [-0.25, -0.2) is 4.79 Å². The van der Waals surface area contributed by atoms with Crippen LogP contribution in [0.1, 0.15) is 20.8 Å². The largest absolute Gasteiger partial charge is 0.444 e. The highest BCUT2D eigenvalue weighted by atomic mass is 35.5. The summed E-state index contributed by atoms with van der Waals surface area (Å²) in [6.07, 6.45) is 3.23. The highest BCUT2D eigenvalue weighted by Gasteiger charge is 2.15. The molecule has 0 bridgehead atoms. The summed E-state index contributed by atoms with van der Waals surface area (Å²) in [6, 6.07) is 7.62. The third-order valence-electron chi connectivity index (χ3n) is 2.83. The second-order valence-electron chi connectivity index (χ2n) is 5.90. The number of alkyl carbamates (subject to hydrolysis) is 1. The zero-order valence-corrected chi connectivity index (χ0v) is 13.7. The molecule has 0 aliphatic carbocycles. The molecule has 2 rings (SSSR count). The van der Waals surface area contributed by atoms with Gasteiger partial charge in [0.25, 0.3) is 0 Å². The first-order chi connectivity index (χ1) is 10.3. The maximum atomic E-state index is 11.5. The molecule has 0 aliphatic heterocycles. The molecule has 1 N–H and O–H groups in total. The van der Waals surface area contributed by atoms with E-state index in [0.717, 1.165) is 11.1 Å². The van der Waals surface area contributed by atoms with Crippen molar-refractivity contribution in [2.45, 2.75) is 32.9 Å². The van der Waals surface area contributed by atoms with Gasteiger partial charge in [0.15, 0.2) is 0 Å². The monoisotopic (exact) mass is 321 g/mol. The van der Waals surface area contributed by atoms with Crippen molar-refractivity contribution in [3.63, 3.8) is 0 Å². The highest BCUT2D eigenvalue weighted by molar-refractivity contribution is 6.33. The van der Waals surface area contributed by atoms with E-state index in [1.165, 1.54) is 0 Å². The first-order valence-electron chi connectivity index (χ1n) is 7.09. The van der Waals surface area contributed by atoms with Gasteiger partial charge in [0.1, 0.15) is 5.60 Å². The van der Waals surface area contributed by atoms with Crippen molar-refractivity contribution < 1.29 is 9.53 Å². The van der Waals surface area contributed by atoms with Gasteiger partial charge in [0.2, 0.25) is 0 Å². The number of carbonyl (C=O) groups is 1. The average Bonchev–Trinajstić information content (AvgIpc) is 2.85. The van der Waals surface area contributed by atoms with Crippen molar-refractivity contribution in [2.24, 2.45) is 0 Å². The number of hydrogen-bond acceptors (Lipinski definition) is 3. The minimum absolute atomic E-state index is 0.425. The zero-order chi connectivity index (χ0) is 16.2. The standard InChI is InChI=1S/C16H20ClN3O2/c1-16(2,3)22-15(21)18-8-9-20-11-12(10-19-20)13-6-4-5-7-14(13)17/h4-7,10-11H,8-9H2,1-3H3,(H,18,21). The molecule has 0 radical (unpaired) electrons. The van der Waals surface area contributed by atoms with Crippen LogP contribution in [0.3, 0.4) is 0 Å². The van der Waals surface area contributed by atoms with Crippen LogP contribution < -0.4 is 5.32 Å². The Balaban J connectivity index is 1.88. The van der Waals surface area contributed by atoms with Crippen LogP contribution in [-0.2, 0) is 11.3 Å². The number of aromatic nitrogens is 2. The topological polar surface area (TPSA) is 56.1 Å². The Bertz CT molecular complexity index is 647. The summed E-state index contributed by atoms with van der Waals surface area (Å²) in [5.74, 6) is 0. The van der Waals surface area contributed by atoms with Crippen LogP contribution >= 0.6 is 11.6 Å². The lowest BCUT2D eigenvalue weighted by Gasteiger charge is -2.19. The molecule has 1 aromatic heterocycles. The van der Waals surface area contributed by atoms with E-state index in [4.69, 9.17) is 16.3 Å². The summed E-state index contributed by atoms with van der Waals surface area (Å²) in [5, 5.41) is 7.66. The normalized spacial score (nSPS) is 11.3.